The molecule has 1 atom stereocenters. The zero-order chi connectivity index (χ0) is 29.0. The van der Waals surface area contributed by atoms with Crippen molar-refractivity contribution in [2.24, 2.45) is 0 Å². The van der Waals surface area contributed by atoms with Crippen LogP contribution in [0.1, 0.15) is 60.5 Å². The average Bonchev–Trinajstić information content (AvgIpc) is 3.26. The van der Waals surface area contributed by atoms with Crippen molar-refractivity contribution in [2.45, 2.75) is 71.9 Å². The van der Waals surface area contributed by atoms with Gasteiger partial charge in [0.05, 0.1) is 29.0 Å². The fraction of sp³-hybridized carbons (Fsp3) is 0.500. The molecule has 0 aliphatic carbocycles. The molecule has 1 amide bonds. The highest BCUT2D eigenvalue weighted by atomic mass is 32.1. The molecule has 0 radical (unpaired) electrons. The second-order valence-electron chi connectivity index (χ2n) is 9.91. The lowest BCUT2D eigenvalue weighted by Gasteiger charge is -2.30. The number of rotatable bonds is 11. The number of para-hydroxylation sites is 1. The molecule has 3 heterocycles. The van der Waals surface area contributed by atoms with Gasteiger partial charge in [-0.25, -0.2) is 9.36 Å². The van der Waals surface area contributed by atoms with E-state index >= 15 is 0 Å². The van der Waals surface area contributed by atoms with E-state index in [1.165, 1.54) is 4.57 Å². The van der Waals surface area contributed by atoms with Gasteiger partial charge >= 0.3 is 11.7 Å². The van der Waals surface area contributed by atoms with Gasteiger partial charge in [0, 0.05) is 25.3 Å². The van der Waals surface area contributed by atoms with Crippen molar-refractivity contribution in [1.82, 2.24) is 14.5 Å². The van der Waals surface area contributed by atoms with E-state index in [1.807, 2.05) is 38.1 Å². The molecule has 1 saturated heterocycles. The molecule has 3 aromatic rings. The summed E-state index contributed by atoms with van der Waals surface area (Å²) in [6.07, 6.45) is 0.414. The van der Waals surface area contributed by atoms with Crippen LogP contribution in [-0.4, -0.2) is 58.1 Å². The maximum atomic E-state index is 13.7. The van der Waals surface area contributed by atoms with E-state index < -0.39 is 29.9 Å². The Kier molecular flexibility index (Phi) is 9.44. The molecule has 1 aliphatic heterocycles. The summed E-state index contributed by atoms with van der Waals surface area (Å²) in [7, 11) is 0. The predicted molar refractivity (Wildman–Crippen MR) is 151 cm³/mol. The molecule has 0 unspecified atom stereocenters. The topological polar surface area (TPSA) is 138 Å². The van der Waals surface area contributed by atoms with Crippen LogP contribution in [0.4, 0.5) is 0 Å². The summed E-state index contributed by atoms with van der Waals surface area (Å²) in [5, 5.41) is 12.4. The lowest BCUT2D eigenvalue weighted by Crippen LogP contribution is -2.42. The molecule has 0 saturated carbocycles. The third kappa shape index (κ3) is 6.29. The Labute approximate surface area is 235 Å². The Balaban J connectivity index is 1.92. The first-order chi connectivity index (χ1) is 19.1. The minimum Gasteiger partial charge on any atom is -0.491 e. The molecule has 0 spiro atoms. The van der Waals surface area contributed by atoms with Crippen LogP contribution in [0.5, 0.6) is 5.75 Å². The maximum Gasteiger partial charge on any atom is 0.332 e. The number of aliphatic carboxylic acids is 1. The third-order valence-electron chi connectivity index (χ3n) is 6.63. The van der Waals surface area contributed by atoms with Crippen LogP contribution in [-0.2, 0) is 27.4 Å². The molecule has 12 heteroatoms. The van der Waals surface area contributed by atoms with Gasteiger partial charge in [0.25, 0.3) is 11.5 Å². The predicted octanol–water partition coefficient (Wildman–Crippen LogP) is 3.09. The standard InChI is InChI=1S/C28H35N3O8S/c1-5-29-25(34)24-17(4)23-26(35)30(15-22(32)33)28(36)31(27(23)40-24)14-21(39-18-10-12-37-13-11-18)19-8-6-7-9-20(19)38-16(2)3/h6-9,16,18,21H,5,10-15H2,1-4H3,(H,29,34)(H,32,33)/t21-/m0/s1. The van der Waals surface area contributed by atoms with Crippen molar-refractivity contribution >= 4 is 33.4 Å². The molecule has 1 fully saturated rings. The fourth-order valence-electron chi connectivity index (χ4n) is 4.82. The zero-order valence-electron chi connectivity index (χ0n) is 23.1. The molecule has 4 rings (SSSR count). The monoisotopic (exact) mass is 573 g/mol. The number of carboxylic acid groups (broad SMARTS) is 1. The van der Waals surface area contributed by atoms with Crippen molar-refractivity contribution in [3.05, 3.63) is 61.1 Å². The largest absolute Gasteiger partial charge is 0.491 e. The quantitative estimate of drug-likeness (QED) is 0.357. The van der Waals surface area contributed by atoms with Crippen molar-refractivity contribution in [3.8, 4) is 5.75 Å². The number of ether oxygens (including phenoxy) is 3. The van der Waals surface area contributed by atoms with E-state index in [4.69, 9.17) is 14.2 Å². The van der Waals surface area contributed by atoms with Crippen LogP contribution in [0.2, 0.25) is 0 Å². The first-order valence-electron chi connectivity index (χ1n) is 13.4. The molecule has 1 aliphatic rings. The summed E-state index contributed by atoms with van der Waals surface area (Å²) in [5.41, 5.74) is -0.412. The van der Waals surface area contributed by atoms with E-state index in [1.54, 1.807) is 13.8 Å². The van der Waals surface area contributed by atoms with Crippen LogP contribution in [0, 0.1) is 6.92 Å². The van der Waals surface area contributed by atoms with Gasteiger partial charge in [0.1, 0.15) is 23.2 Å². The number of carbonyl (C=O) groups is 2. The number of benzene rings is 1. The number of nitrogens with zero attached hydrogens (tertiary/aromatic N) is 2. The summed E-state index contributed by atoms with van der Waals surface area (Å²) in [6, 6.07) is 7.42. The highest BCUT2D eigenvalue weighted by Crippen LogP contribution is 2.34. The first kappa shape index (κ1) is 29.5. The van der Waals surface area contributed by atoms with E-state index in [0.717, 1.165) is 16.9 Å². The number of nitrogens with one attached hydrogen (secondary N) is 1. The van der Waals surface area contributed by atoms with Gasteiger partial charge in [-0.3, -0.25) is 19.0 Å². The van der Waals surface area contributed by atoms with Crippen molar-refractivity contribution in [1.29, 1.82) is 0 Å². The molecule has 2 N–H and O–H groups in total. The smallest absolute Gasteiger partial charge is 0.332 e. The Morgan fingerprint density at radius 3 is 2.52 bits per heavy atom. The minimum absolute atomic E-state index is 0.0279. The normalized spacial score (nSPS) is 14.9. The zero-order valence-corrected chi connectivity index (χ0v) is 23.9. The lowest BCUT2D eigenvalue weighted by atomic mass is 10.1. The summed E-state index contributed by atoms with van der Waals surface area (Å²) in [6.45, 7) is 7.90. The Hall–Kier alpha value is -3.48. The van der Waals surface area contributed by atoms with Gasteiger partial charge in [-0.05, 0) is 52.2 Å². The number of hydrogen-bond donors (Lipinski definition) is 2. The Morgan fingerprint density at radius 2 is 1.88 bits per heavy atom. The summed E-state index contributed by atoms with van der Waals surface area (Å²) < 4.78 is 20.2. The highest BCUT2D eigenvalue weighted by Gasteiger charge is 2.29. The number of carboxylic acids is 1. The molecule has 11 nitrogen and oxygen atoms in total. The third-order valence-corrected chi connectivity index (χ3v) is 7.95. The Bertz CT molecular complexity index is 1500. The van der Waals surface area contributed by atoms with Crippen LogP contribution in [0.25, 0.3) is 10.2 Å². The number of thiophene rings is 1. The second kappa shape index (κ2) is 12.8. The number of hydrogen-bond acceptors (Lipinski definition) is 8. The van der Waals surface area contributed by atoms with Crippen LogP contribution in [0.3, 0.4) is 0 Å². The lowest BCUT2D eigenvalue weighted by molar-refractivity contribution is -0.137. The molecule has 2 aromatic heterocycles. The van der Waals surface area contributed by atoms with Gasteiger partial charge in [-0.15, -0.1) is 11.3 Å². The fourth-order valence-corrected chi connectivity index (χ4v) is 6.04. The second-order valence-corrected chi connectivity index (χ2v) is 10.9. The first-order valence-corrected chi connectivity index (χ1v) is 14.2. The van der Waals surface area contributed by atoms with E-state index in [2.05, 4.69) is 5.32 Å². The Morgan fingerprint density at radius 1 is 1.18 bits per heavy atom. The van der Waals surface area contributed by atoms with E-state index in [-0.39, 0.29) is 30.0 Å². The highest BCUT2D eigenvalue weighted by molar-refractivity contribution is 7.20. The number of aryl methyl sites for hydroxylation is 1. The number of fused-ring (bicyclic) bond motifs is 1. The molecular formula is C28H35N3O8S. The molecule has 216 valence electrons. The van der Waals surface area contributed by atoms with Gasteiger partial charge in [-0.1, -0.05) is 18.2 Å². The van der Waals surface area contributed by atoms with E-state index in [9.17, 15) is 24.3 Å². The van der Waals surface area contributed by atoms with Gasteiger partial charge in [-0.2, -0.15) is 0 Å². The van der Waals surface area contributed by atoms with Crippen LogP contribution in [0.15, 0.2) is 33.9 Å². The molecular weight excluding hydrogens is 538 g/mol. The SMILES string of the molecule is CCNC(=O)c1sc2c(c1C)c(=O)n(CC(=O)O)c(=O)n2C[C@H](OC1CCOCC1)c1ccccc1OC(C)C. The van der Waals surface area contributed by atoms with Crippen molar-refractivity contribution < 1.29 is 28.9 Å². The van der Waals surface area contributed by atoms with Crippen LogP contribution >= 0.6 is 11.3 Å². The maximum absolute atomic E-state index is 13.7. The summed E-state index contributed by atoms with van der Waals surface area (Å²) in [4.78, 5) is 52.2. The van der Waals surface area contributed by atoms with E-state index in [0.29, 0.717) is 58.2 Å². The van der Waals surface area contributed by atoms with Crippen molar-refractivity contribution in [3.63, 3.8) is 0 Å². The van der Waals surface area contributed by atoms with Gasteiger partial charge in [0.15, 0.2) is 0 Å². The number of aromatic nitrogens is 2. The minimum atomic E-state index is -1.33. The average molecular weight is 574 g/mol. The van der Waals surface area contributed by atoms with Crippen molar-refractivity contribution in [2.75, 3.05) is 19.8 Å². The molecule has 40 heavy (non-hydrogen) atoms. The van der Waals surface area contributed by atoms with Crippen LogP contribution < -0.4 is 21.3 Å². The summed E-state index contributed by atoms with van der Waals surface area (Å²) >= 11 is 1.04. The van der Waals surface area contributed by atoms with Gasteiger partial charge < -0.3 is 24.6 Å². The number of carbonyl (C=O) groups excluding carboxylic acids is 1. The molecule has 0 bridgehead atoms. The van der Waals surface area contributed by atoms with Gasteiger partial charge in [0.2, 0.25) is 0 Å². The summed E-state index contributed by atoms with van der Waals surface area (Å²) in [5.74, 6) is -1.09. The number of amides is 1. The molecule has 1 aromatic carbocycles.